The van der Waals surface area contributed by atoms with E-state index >= 15 is 0 Å². The zero-order valence-electron chi connectivity index (χ0n) is 12.7. The number of hydrogen-bond acceptors (Lipinski definition) is 3. The van der Waals surface area contributed by atoms with Crippen molar-refractivity contribution in [3.8, 4) is 0 Å². The summed E-state index contributed by atoms with van der Waals surface area (Å²) in [5.74, 6) is 2.33. The van der Waals surface area contributed by atoms with Crippen LogP contribution < -0.4 is 5.73 Å². The summed E-state index contributed by atoms with van der Waals surface area (Å²) in [6.45, 7) is 10.5. The highest BCUT2D eigenvalue weighted by Gasteiger charge is 2.30. The van der Waals surface area contributed by atoms with Crippen LogP contribution in [0.1, 0.15) is 40.0 Å². The van der Waals surface area contributed by atoms with Crippen molar-refractivity contribution in [1.82, 2.24) is 4.90 Å². The second kappa shape index (κ2) is 8.13. The number of ether oxygens (including phenoxy) is 1. The average Bonchev–Trinajstić information content (AvgIpc) is 2.32. The van der Waals surface area contributed by atoms with Gasteiger partial charge in [0.05, 0.1) is 6.61 Å². The molecule has 1 saturated carbocycles. The topological polar surface area (TPSA) is 38.5 Å². The second-order valence-electron chi connectivity index (χ2n) is 6.20. The van der Waals surface area contributed by atoms with Crippen molar-refractivity contribution in [3.63, 3.8) is 0 Å². The largest absolute Gasteiger partial charge is 0.380 e. The summed E-state index contributed by atoms with van der Waals surface area (Å²) >= 11 is 0. The Labute approximate surface area is 113 Å². The van der Waals surface area contributed by atoms with Gasteiger partial charge in [-0.2, -0.15) is 0 Å². The molecule has 0 aromatic rings. The summed E-state index contributed by atoms with van der Waals surface area (Å²) in [6, 6.07) is 0.398. The number of hydrogen-bond donors (Lipinski definition) is 1. The van der Waals surface area contributed by atoms with Gasteiger partial charge < -0.3 is 15.4 Å². The van der Waals surface area contributed by atoms with E-state index in [9.17, 15) is 0 Å². The van der Waals surface area contributed by atoms with Gasteiger partial charge in [0.15, 0.2) is 0 Å². The van der Waals surface area contributed by atoms with E-state index in [1.165, 1.54) is 19.3 Å². The van der Waals surface area contributed by atoms with Crippen molar-refractivity contribution in [3.05, 3.63) is 0 Å². The highest BCUT2D eigenvalue weighted by molar-refractivity contribution is 4.85. The normalized spacial score (nSPS) is 29.2. The van der Waals surface area contributed by atoms with Gasteiger partial charge in [-0.1, -0.05) is 13.8 Å². The van der Waals surface area contributed by atoms with Crippen LogP contribution in [0.15, 0.2) is 0 Å². The zero-order valence-corrected chi connectivity index (χ0v) is 12.7. The van der Waals surface area contributed by atoms with E-state index in [1.807, 2.05) is 6.92 Å². The highest BCUT2D eigenvalue weighted by Crippen LogP contribution is 2.33. The molecule has 2 N–H and O–H groups in total. The minimum atomic E-state index is 0.398. The summed E-state index contributed by atoms with van der Waals surface area (Å²) in [7, 11) is 2.19. The van der Waals surface area contributed by atoms with Crippen LogP contribution in [0.25, 0.3) is 0 Å². The smallest absolute Gasteiger partial charge is 0.0593 e. The van der Waals surface area contributed by atoms with E-state index in [2.05, 4.69) is 25.8 Å². The lowest BCUT2D eigenvalue weighted by Gasteiger charge is -2.38. The minimum Gasteiger partial charge on any atom is -0.380 e. The monoisotopic (exact) mass is 256 g/mol. The third-order valence-electron chi connectivity index (χ3n) is 4.39. The molecule has 0 heterocycles. The lowest BCUT2D eigenvalue weighted by Crippen LogP contribution is -2.43. The molecule has 1 fully saturated rings. The Morgan fingerprint density at radius 2 is 2.06 bits per heavy atom. The fraction of sp³-hybridized carbons (Fsp3) is 1.00. The third-order valence-corrected chi connectivity index (χ3v) is 4.39. The predicted octanol–water partition coefficient (Wildman–Crippen LogP) is 2.35. The molecule has 0 aliphatic heterocycles. The molecule has 3 atom stereocenters. The van der Waals surface area contributed by atoms with Gasteiger partial charge in [-0.05, 0) is 51.0 Å². The van der Waals surface area contributed by atoms with Crippen LogP contribution in [-0.4, -0.2) is 44.3 Å². The van der Waals surface area contributed by atoms with Crippen molar-refractivity contribution < 1.29 is 4.74 Å². The molecule has 0 bridgehead atoms. The maximum atomic E-state index is 6.29. The van der Waals surface area contributed by atoms with Crippen molar-refractivity contribution in [2.75, 3.05) is 33.4 Å². The Morgan fingerprint density at radius 3 is 2.67 bits per heavy atom. The first-order valence-corrected chi connectivity index (χ1v) is 7.56. The van der Waals surface area contributed by atoms with Crippen LogP contribution in [0.4, 0.5) is 0 Å². The highest BCUT2D eigenvalue weighted by atomic mass is 16.5. The van der Waals surface area contributed by atoms with E-state index in [0.29, 0.717) is 12.0 Å². The summed E-state index contributed by atoms with van der Waals surface area (Å²) in [5, 5.41) is 0. The maximum Gasteiger partial charge on any atom is 0.0593 e. The number of nitrogens with zero attached hydrogens (tertiary/aromatic N) is 1. The van der Waals surface area contributed by atoms with Gasteiger partial charge in [0, 0.05) is 25.7 Å². The summed E-state index contributed by atoms with van der Waals surface area (Å²) < 4.78 is 5.41. The first-order chi connectivity index (χ1) is 8.54. The molecule has 0 aromatic carbocycles. The Bertz CT molecular complexity index is 221. The molecule has 0 spiro atoms. The van der Waals surface area contributed by atoms with Crippen LogP contribution in [0, 0.1) is 17.8 Å². The molecule has 18 heavy (non-hydrogen) atoms. The Kier molecular flexibility index (Phi) is 7.20. The van der Waals surface area contributed by atoms with Crippen LogP contribution in [0.2, 0.25) is 0 Å². The Hall–Kier alpha value is -0.120. The molecule has 1 aliphatic carbocycles. The van der Waals surface area contributed by atoms with Crippen LogP contribution in [0.3, 0.4) is 0 Å². The van der Waals surface area contributed by atoms with Gasteiger partial charge in [-0.25, -0.2) is 0 Å². The molecule has 0 radical (unpaired) electrons. The average molecular weight is 256 g/mol. The molecule has 3 heteroatoms. The standard InChI is InChI=1S/C15H32N2O/c1-5-18-9-8-17(4)11-14-10-13(12(2)3)6-7-15(14)16/h12-15H,5-11,16H2,1-4H3. The Balaban J connectivity index is 2.33. The fourth-order valence-electron chi connectivity index (χ4n) is 3.00. The predicted molar refractivity (Wildman–Crippen MR) is 77.6 cm³/mol. The van der Waals surface area contributed by atoms with Gasteiger partial charge in [-0.3, -0.25) is 0 Å². The SMILES string of the molecule is CCOCCN(C)CC1CC(C(C)C)CCC1N. The van der Waals surface area contributed by atoms with E-state index in [-0.39, 0.29) is 0 Å². The summed E-state index contributed by atoms with van der Waals surface area (Å²) in [6.07, 6.45) is 3.82. The lowest BCUT2D eigenvalue weighted by atomic mass is 9.74. The molecular weight excluding hydrogens is 224 g/mol. The fourth-order valence-corrected chi connectivity index (χ4v) is 3.00. The molecule has 0 aromatic heterocycles. The molecule has 108 valence electrons. The van der Waals surface area contributed by atoms with E-state index in [4.69, 9.17) is 10.5 Å². The van der Waals surface area contributed by atoms with Crippen LogP contribution in [-0.2, 0) is 4.74 Å². The quantitative estimate of drug-likeness (QED) is 0.711. The first kappa shape index (κ1) is 15.9. The van der Waals surface area contributed by atoms with Gasteiger partial charge in [0.25, 0.3) is 0 Å². The Morgan fingerprint density at radius 1 is 1.33 bits per heavy atom. The number of nitrogens with two attached hydrogens (primary N) is 1. The molecular formula is C15H32N2O. The number of likely N-dealkylation sites (N-methyl/N-ethyl adjacent to an activating group) is 1. The van der Waals surface area contributed by atoms with Gasteiger partial charge >= 0.3 is 0 Å². The molecule has 3 nitrogen and oxygen atoms in total. The maximum absolute atomic E-state index is 6.29. The summed E-state index contributed by atoms with van der Waals surface area (Å²) in [5.41, 5.74) is 6.29. The minimum absolute atomic E-state index is 0.398. The lowest BCUT2D eigenvalue weighted by molar-refractivity contribution is 0.101. The molecule has 0 amide bonds. The number of rotatable bonds is 7. The van der Waals surface area contributed by atoms with Crippen LogP contribution in [0.5, 0.6) is 0 Å². The molecule has 1 rings (SSSR count). The van der Waals surface area contributed by atoms with Crippen molar-refractivity contribution >= 4 is 0 Å². The first-order valence-electron chi connectivity index (χ1n) is 7.56. The molecule has 1 aliphatic rings. The van der Waals surface area contributed by atoms with Crippen molar-refractivity contribution in [1.29, 1.82) is 0 Å². The van der Waals surface area contributed by atoms with Gasteiger partial charge in [0.2, 0.25) is 0 Å². The molecule has 0 saturated heterocycles. The van der Waals surface area contributed by atoms with Crippen LogP contribution >= 0.6 is 0 Å². The third kappa shape index (κ3) is 5.25. The second-order valence-corrected chi connectivity index (χ2v) is 6.20. The van der Waals surface area contributed by atoms with Crippen molar-refractivity contribution in [2.45, 2.75) is 46.1 Å². The van der Waals surface area contributed by atoms with E-state index < -0.39 is 0 Å². The van der Waals surface area contributed by atoms with Crippen molar-refractivity contribution in [2.24, 2.45) is 23.5 Å². The van der Waals surface area contributed by atoms with E-state index in [1.54, 1.807) is 0 Å². The summed E-state index contributed by atoms with van der Waals surface area (Å²) in [4.78, 5) is 2.38. The van der Waals surface area contributed by atoms with Gasteiger partial charge in [0.1, 0.15) is 0 Å². The van der Waals surface area contributed by atoms with E-state index in [0.717, 1.165) is 38.1 Å². The van der Waals surface area contributed by atoms with Gasteiger partial charge in [-0.15, -0.1) is 0 Å². The zero-order chi connectivity index (χ0) is 13.5. The molecule has 3 unspecified atom stereocenters.